The maximum absolute atomic E-state index is 12.1. The molecule has 1 saturated heterocycles. The van der Waals surface area contributed by atoms with Crippen molar-refractivity contribution in [2.75, 3.05) is 13.7 Å². The lowest BCUT2D eigenvalue weighted by Gasteiger charge is -2.44. The number of nitrogens with zero attached hydrogens (tertiary/aromatic N) is 1. The molecule has 1 aliphatic rings. The number of methoxy groups -OCH3 is 1. The second kappa shape index (κ2) is 11.9. The lowest BCUT2D eigenvalue weighted by Crippen LogP contribution is -2.60. The van der Waals surface area contributed by atoms with Crippen molar-refractivity contribution in [2.45, 2.75) is 64.8 Å². The fourth-order valence-electron chi connectivity index (χ4n) is 4.29. The molecule has 3 rings (SSSR count). The van der Waals surface area contributed by atoms with Crippen molar-refractivity contribution in [1.29, 1.82) is 0 Å². The second-order valence-electron chi connectivity index (χ2n) is 8.42. The summed E-state index contributed by atoms with van der Waals surface area (Å²) in [5.74, 6) is -3.23. The number of ether oxygens (including phenoxy) is 6. The van der Waals surface area contributed by atoms with Gasteiger partial charge in [0, 0.05) is 39.3 Å². The van der Waals surface area contributed by atoms with Gasteiger partial charge in [0.1, 0.15) is 12.7 Å². The largest absolute Gasteiger partial charge is 0.469 e. The monoisotopic (exact) mass is 519 g/mol. The molecule has 200 valence electrons. The molecule has 2 heterocycles. The summed E-state index contributed by atoms with van der Waals surface area (Å²) >= 11 is 0. The molecule has 0 radical (unpaired) electrons. The fourth-order valence-corrected chi connectivity index (χ4v) is 4.29. The first kappa shape index (κ1) is 27.7. The summed E-state index contributed by atoms with van der Waals surface area (Å²) < 4.78 is 34.3. The number of para-hydroxylation sites is 1. The van der Waals surface area contributed by atoms with Gasteiger partial charge in [-0.05, 0) is 11.6 Å². The van der Waals surface area contributed by atoms with Crippen molar-refractivity contribution in [3.63, 3.8) is 0 Å². The highest BCUT2D eigenvalue weighted by atomic mass is 16.7. The van der Waals surface area contributed by atoms with Crippen molar-refractivity contribution < 1.29 is 52.4 Å². The van der Waals surface area contributed by atoms with Crippen LogP contribution < -0.4 is 0 Å². The second-order valence-corrected chi connectivity index (χ2v) is 8.42. The van der Waals surface area contributed by atoms with Crippen LogP contribution in [-0.4, -0.2) is 72.5 Å². The highest BCUT2D eigenvalue weighted by Gasteiger charge is 2.53. The van der Waals surface area contributed by atoms with Gasteiger partial charge in [0.15, 0.2) is 24.5 Å². The smallest absolute Gasteiger partial charge is 0.310 e. The number of fused-ring (bicyclic) bond motifs is 1. The summed E-state index contributed by atoms with van der Waals surface area (Å²) in [6.07, 6.45) is -4.48. The van der Waals surface area contributed by atoms with E-state index >= 15 is 0 Å². The molecule has 1 aliphatic heterocycles. The molecule has 1 fully saturated rings. The first-order valence-electron chi connectivity index (χ1n) is 11.5. The van der Waals surface area contributed by atoms with Gasteiger partial charge >= 0.3 is 29.8 Å². The van der Waals surface area contributed by atoms with E-state index < -0.39 is 60.5 Å². The average Bonchev–Trinajstić information content (AvgIpc) is 3.17. The molecule has 0 bridgehead atoms. The number of hydrogen-bond acceptors (Lipinski definition) is 11. The van der Waals surface area contributed by atoms with Crippen LogP contribution in [0.4, 0.5) is 0 Å². The van der Waals surface area contributed by atoms with Gasteiger partial charge in [-0.1, -0.05) is 18.2 Å². The molecular weight excluding hydrogens is 490 g/mol. The maximum Gasteiger partial charge on any atom is 0.310 e. The summed E-state index contributed by atoms with van der Waals surface area (Å²) in [6, 6.07) is 7.13. The average molecular weight is 520 g/mol. The third kappa shape index (κ3) is 6.64. The van der Waals surface area contributed by atoms with Gasteiger partial charge in [0.25, 0.3) is 0 Å². The Labute approximate surface area is 212 Å². The third-order valence-electron chi connectivity index (χ3n) is 5.63. The molecule has 1 aromatic heterocycles. The SMILES string of the molecule is COC(=O)Cc1cn([C@@H]2O[C@H](COC(C)=O)[C@@H](OC(C)=O)[C@H](OC(C)=O)[C@H]2OC(C)=O)c2ccccc12. The van der Waals surface area contributed by atoms with E-state index in [2.05, 4.69) is 0 Å². The van der Waals surface area contributed by atoms with E-state index in [0.717, 1.165) is 13.8 Å². The van der Waals surface area contributed by atoms with E-state index in [-0.39, 0.29) is 13.0 Å². The zero-order chi connectivity index (χ0) is 27.3. The molecule has 0 unspecified atom stereocenters. The number of carbonyl (C=O) groups is 5. The third-order valence-corrected chi connectivity index (χ3v) is 5.63. The summed E-state index contributed by atoms with van der Waals surface area (Å²) in [6.45, 7) is 4.33. The van der Waals surface area contributed by atoms with Crippen molar-refractivity contribution in [1.82, 2.24) is 4.57 Å². The Kier molecular flexibility index (Phi) is 8.87. The van der Waals surface area contributed by atoms with E-state index in [0.29, 0.717) is 16.5 Å². The van der Waals surface area contributed by atoms with Crippen LogP contribution in [-0.2, 0) is 58.8 Å². The van der Waals surface area contributed by atoms with E-state index in [1.54, 1.807) is 35.0 Å². The van der Waals surface area contributed by atoms with Crippen molar-refractivity contribution in [3.8, 4) is 0 Å². The first-order chi connectivity index (χ1) is 17.5. The van der Waals surface area contributed by atoms with Gasteiger partial charge < -0.3 is 33.0 Å². The molecule has 0 saturated carbocycles. The number of hydrogen-bond donors (Lipinski definition) is 0. The minimum Gasteiger partial charge on any atom is -0.469 e. The Hall–Kier alpha value is -3.93. The Balaban J connectivity index is 2.18. The molecule has 0 spiro atoms. The maximum atomic E-state index is 12.1. The molecule has 37 heavy (non-hydrogen) atoms. The van der Waals surface area contributed by atoms with Crippen LogP contribution in [0, 0.1) is 0 Å². The number of rotatable bonds is 8. The zero-order valence-electron chi connectivity index (χ0n) is 21.1. The molecule has 1 aromatic carbocycles. The Morgan fingerprint density at radius 1 is 0.838 bits per heavy atom. The molecule has 12 heteroatoms. The lowest BCUT2D eigenvalue weighted by atomic mass is 9.97. The van der Waals surface area contributed by atoms with Crippen molar-refractivity contribution >= 4 is 40.7 Å². The zero-order valence-corrected chi connectivity index (χ0v) is 21.1. The summed E-state index contributed by atoms with van der Waals surface area (Å²) in [4.78, 5) is 59.8. The predicted molar refractivity (Wildman–Crippen MR) is 125 cm³/mol. The van der Waals surface area contributed by atoms with Gasteiger partial charge in [-0.25, -0.2) is 0 Å². The molecular formula is C25H29NO11. The highest BCUT2D eigenvalue weighted by Crippen LogP contribution is 2.37. The molecule has 0 N–H and O–H groups in total. The van der Waals surface area contributed by atoms with E-state index in [1.165, 1.54) is 21.0 Å². The number of aromatic nitrogens is 1. The van der Waals surface area contributed by atoms with Gasteiger partial charge in [-0.3, -0.25) is 24.0 Å². The highest BCUT2D eigenvalue weighted by molar-refractivity contribution is 5.88. The van der Waals surface area contributed by atoms with Crippen molar-refractivity contribution in [2.24, 2.45) is 0 Å². The Bertz CT molecular complexity index is 1190. The van der Waals surface area contributed by atoms with Gasteiger partial charge in [-0.15, -0.1) is 0 Å². The normalized spacial score (nSPS) is 23.1. The fraction of sp³-hybridized carbons (Fsp3) is 0.480. The van der Waals surface area contributed by atoms with Gasteiger partial charge in [0.05, 0.1) is 19.0 Å². The van der Waals surface area contributed by atoms with E-state index in [9.17, 15) is 24.0 Å². The standard InChI is InChI=1S/C25H29NO11/c1-13(27)33-12-20-22(34-14(2)28)23(35-15(3)29)24(36-16(4)30)25(37-20)26-11-17(10-21(31)32-5)18-8-6-7-9-19(18)26/h6-9,11,20,22-25H,10,12H2,1-5H3/t20-,22-,23+,24-,25-/m1/s1. The first-order valence-corrected chi connectivity index (χ1v) is 11.5. The molecule has 2 aromatic rings. The van der Waals surface area contributed by atoms with Crippen LogP contribution in [0.25, 0.3) is 10.9 Å². The molecule has 0 aliphatic carbocycles. The van der Waals surface area contributed by atoms with E-state index in [1.807, 2.05) is 0 Å². The summed E-state index contributed by atoms with van der Waals surface area (Å²) in [7, 11) is 1.28. The topological polar surface area (TPSA) is 146 Å². The van der Waals surface area contributed by atoms with E-state index in [4.69, 9.17) is 28.4 Å². The number of carbonyl (C=O) groups excluding carboxylic acids is 5. The lowest BCUT2D eigenvalue weighted by molar-refractivity contribution is -0.267. The van der Waals surface area contributed by atoms with Gasteiger partial charge in [0.2, 0.25) is 0 Å². The van der Waals surface area contributed by atoms with Gasteiger partial charge in [-0.2, -0.15) is 0 Å². The molecule has 0 amide bonds. The molecule has 5 atom stereocenters. The summed E-state index contributed by atoms with van der Waals surface area (Å²) in [5, 5.41) is 0.709. The number of benzene rings is 1. The van der Waals surface area contributed by atoms with Crippen LogP contribution in [0.15, 0.2) is 30.5 Å². The van der Waals surface area contributed by atoms with Crippen LogP contribution in [0.5, 0.6) is 0 Å². The predicted octanol–water partition coefficient (Wildman–Crippen LogP) is 1.61. The summed E-state index contributed by atoms with van der Waals surface area (Å²) in [5.41, 5.74) is 1.22. The quantitative estimate of drug-likeness (QED) is 0.370. The van der Waals surface area contributed by atoms with Crippen LogP contribution in [0.2, 0.25) is 0 Å². The molecule has 12 nitrogen and oxygen atoms in total. The Morgan fingerprint density at radius 2 is 1.43 bits per heavy atom. The van der Waals surface area contributed by atoms with Crippen molar-refractivity contribution in [3.05, 3.63) is 36.0 Å². The minimum absolute atomic E-state index is 0.0463. The van der Waals surface area contributed by atoms with Crippen LogP contribution in [0.1, 0.15) is 39.5 Å². The minimum atomic E-state index is -1.31. The van der Waals surface area contributed by atoms with Crippen LogP contribution >= 0.6 is 0 Å². The number of esters is 5. The van der Waals surface area contributed by atoms with Crippen LogP contribution in [0.3, 0.4) is 0 Å². The Morgan fingerprint density at radius 3 is 2.03 bits per heavy atom.